The van der Waals surface area contributed by atoms with Crippen LogP contribution in [0.25, 0.3) is 0 Å². The minimum absolute atomic E-state index is 0.0272. The molecular weight excluding hydrogens is 290 g/mol. The summed E-state index contributed by atoms with van der Waals surface area (Å²) in [5.74, 6) is 2.64. The Morgan fingerprint density at radius 1 is 1.00 bits per heavy atom. The van der Waals surface area contributed by atoms with Crippen LogP contribution in [0.4, 0.5) is 0 Å². The fourth-order valence-electron chi connectivity index (χ4n) is 2.71. The van der Waals surface area contributed by atoms with Crippen molar-refractivity contribution in [2.24, 2.45) is 11.7 Å². The van der Waals surface area contributed by atoms with Gasteiger partial charge in [0.1, 0.15) is 12.4 Å². The van der Waals surface area contributed by atoms with Crippen LogP contribution < -0.4 is 19.9 Å². The minimum atomic E-state index is -0.0272. The van der Waals surface area contributed by atoms with Gasteiger partial charge in [0.2, 0.25) is 0 Å². The van der Waals surface area contributed by atoms with Gasteiger partial charge in [-0.05, 0) is 30.4 Å². The zero-order chi connectivity index (χ0) is 16.2. The van der Waals surface area contributed by atoms with Crippen molar-refractivity contribution in [2.45, 2.75) is 25.5 Å². The maximum absolute atomic E-state index is 6.41. The molecule has 1 saturated carbocycles. The molecule has 0 bridgehead atoms. The van der Waals surface area contributed by atoms with E-state index in [0.717, 1.165) is 16.9 Å². The van der Waals surface area contributed by atoms with Gasteiger partial charge in [-0.15, -0.1) is 0 Å². The summed E-state index contributed by atoms with van der Waals surface area (Å²) < 4.78 is 16.9. The molecule has 0 aliphatic heterocycles. The third kappa shape index (κ3) is 3.59. The van der Waals surface area contributed by atoms with Crippen molar-refractivity contribution >= 4 is 0 Å². The lowest BCUT2D eigenvalue weighted by atomic mass is 10.0. The lowest BCUT2D eigenvalue weighted by molar-refractivity contribution is 0.294. The summed E-state index contributed by atoms with van der Waals surface area (Å²) in [6.45, 7) is 0.501. The van der Waals surface area contributed by atoms with E-state index in [1.54, 1.807) is 14.2 Å². The Morgan fingerprint density at radius 2 is 1.65 bits per heavy atom. The van der Waals surface area contributed by atoms with Crippen molar-refractivity contribution in [3.63, 3.8) is 0 Å². The van der Waals surface area contributed by atoms with Crippen molar-refractivity contribution in [1.82, 2.24) is 0 Å². The van der Waals surface area contributed by atoms with Crippen LogP contribution in [0.15, 0.2) is 42.5 Å². The highest BCUT2D eigenvalue weighted by molar-refractivity contribution is 5.52. The minimum Gasteiger partial charge on any atom is -0.493 e. The first-order chi connectivity index (χ1) is 11.2. The summed E-state index contributed by atoms with van der Waals surface area (Å²) in [4.78, 5) is 0. The van der Waals surface area contributed by atoms with Gasteiger partial charge in [-0.1, -0.05) is 30.3 Å². The van der Waals surface area contributed by atoms with E-state index in [4.69, 9.17) is 19.9 Å². The Hall–Kier alpha value is -2.20. The van der Waals surface area contributed by atoms with E-state index in [0.29, 0.717) is 24.0 Å². The average Bonchev–Trinajstić information content (AvgIpc) is 3.44. The maximum atomic E-state index is 6.41. The van der Waals surface area contributed by atoms with Crippen LogP contribution in [0.3, 0.4) is 0 Å². The van der Waals surface area contributed by atoms with E-state index in [2.05, 4.69) is 0 Å². The maximum Gasteiger partial charge on any atom is 0.164 e. The van der Waals surface area contributed by atoms with E-state index in [1.165, 1.54) is 12.8 Å². The molecule has 0 saturated heterocycles. The fraction of sp³-hybridized carbons (Fsp3) is 0.368. The SMILES string of the molecule is COc1cc(OCc2ccccc2)c([C@@H](N)C2CC2)cc1OC. The molecule has 2 N–H and O–H groups in total. The summed E-state index contributed by atoms with van der Waals surface area (Å²) in [5.41, 5.74) is 8.51. The van der Waals surface area contributed by atoms with E-state index in [9.17, 15) is 0 Å². The first-order valence-corrected chi connectivity index (χ1v) is 7.91. The van der Waals surface area contributed by atoms with Gasteiger partial charge in [0.05, 0.1) is 14.2 Å². The Morgan fingerprint density at radius 3 is 2.26 bits per heavy atom. The number of hydrogen-bond acceptors (Lipinski definition) is 4. The predicted molar refractivity (Wildman–Crippen MR) is 90.0 cm³/mol. The van der Waals surface area contributed by atoms with Crippen molar-refractivity contribution in [1.29, 1.82) is 0 Å². The summed E-state index contributed by atoms with van der Waals surface area (Å²) in [6, 6.07) is 13.9. The van der Waals surface area contributed by atoms with Gasteiger partial charge >= 0.3 is 0 Å². The Balaban J connectivity index is 1.88. The van der Waals surface area contributed by atoms with Crippen LogP contribution in [0.1, 0.15) is 30.0 Å². The van der Waals surface area contributed by atoms with Crippen molar-refractivity contribution in [2.75, 3.05) is 14.2 Å². The zero-order valence-corrected chi connectivity index (χ0v) is 13.6. The number of hydrogen-bond donors (Lipinski definition) is 1. The number of benzene rings is 2. The third-order valence-corrected chi connectivity index (χ3v) is 4.24. The zero-order valence-electron chi connectivity index (χ0n) is 13.6. The smallest absolute Gasteiger partial charge is 0.164 e. The Kier molecular flexibility index (Phi) is 4.72. The van der Waals surface area contributed by atoms with Gasteiger partial charge < -0.3 is 19.9 Å². The number of rotatable bonds is 7. The van der Waals surface area contributed by atoms with Crippen LogP contribution >= 0.6 is 0 Å². The highest BCUT2D eigenvalue weighted by Crippen LogP contribution is 2.45. The highest BCUT2D eigenvalue weighted by atomic mass is 16.5. The molecule has 0 radical (unpaired) electrons. The van der Waals surface area contributed by atoms with E-state index < -0.39 is 0 Å². The molecule has 1 aliphatic rings. The van der Waals surface area contributed by atoms with Crippen LogP contribution in [0, 0.1) is 5.92 Å². The highest BCUT2D eigenvalue weighted by Gasteiger charge is 2.32. The molecule has 2 aromatic carbocycles. The number of ether oxygens (including phenoxy) is 3. The van der Waals surface area contributed by atoms with Crippen LogP contribution in [-0.4, -0.2) is 14.2 Å². The summed E-state index contributed by atoms with van der Waals surface area (Å²) in [7, 11) is 3.26. The third-order valence-electron chi connectivity index (χ3n) is 4.24. The first-order valence-electron chi connectivity index (χ1n) is 7.91. The van der Waals surface area contributed by atoms with Gasteiger partial charge in [0.15, 0.2) is 11.5 Å². The van der Waals surface area contributed by atoms with Gasteiger partial charge in [-0.2, -0.15) is 0 Å². The largest absolute Gasteiger partial charge is 0.493 e. The number of nitrogens with two attached hydrogens (primary N) is 1. The van der Waals surface area contributed by atoms with E-state index in [1.807, 2.05) is 42.5 Å². The molecule has 1 atom stereocenters. The van der Waals surface area contributed by atoms with Crippen molar-refractivity contribution in [3.05, 3.63) is 53.6 Å². The molecule has 122 valence electrons. The van der Waals surface area contributed by atoms with Crippen LogP contribution in [-0.2, 0) is 6.61 Å². The Bertz CT molecular complexity index is 653. The molecule has 1 aliphatic carbocycles. The normalized spacial score (nSPS) is 15.1. The van der Waals surface area contributed by atoms with Gasteiger partial charge in [-0.25, -0.2) is 0 Å². The molecule has 23 heavy (non-hydrogen) atoms. The summed E-state index contributed by atoms with van der Waals surface area (Å²) in [5, 5.41) is 0. The average molecular weight is 313 g/mol. The quantitative estimate of drug-likeness (QED) is 0.847. The van der Waals surface area contributed by atoms with E-state index >= 15 is 0 Å². The molecule has 2 aromatic rings. The van der Waals surface area contributed by atoms with Gasteiger partial charge in [0, 0.05) is 17.7 Å². The number of methoxy groups -OCH3 is 2. The second kappa shape index (κ2) is 6.92. The summed E-state index contributed by atoms with van der Waals surface area (Å²) in [6.07, 6.45) is 2.35. The van der Waals surface area contributed by atoms with Crippen molar-refractivity contribution < 1.29 is 14.2 Å². The Labute approximate surface area is 137 Å². The molecule has 0 amide bonds. The molecular formula is C19H23NO3. The van der Waals surface area contributed by atoms with Gasteiger partial charge in [0.25, 0.3) is 0 Å². The molecule has 0 spiro atoms. The first kappa shape index (κ1) is 15.7. The van der Waals surface area contributed by atoms with Gasteiger partial charge in [-0.3, -0.25) is 0 Å². The second-order valence-electron chi connectivity index (χ2n) is 5.88. The summed E-state index contributed by atoms with van der Waals surface area (Å²) >= 11 is 0. The molecule has 4 nitrogen and oxygen atoms in total. The van der Waals surface area contributed by atoms with E-state index in [-0.39, 0.29) is 6.04 Å². The van der Waals surface area contributed by atoms with Crippen LogP contribution in [0.2, 0.25) is 0 Å². The van der Waals surface area contributed by atoms with Crippen molar-refractivity contribution in [3.8, 4) is 17.2 Å². The lowest BCUT2D eigenvalue weighted by Crippen LogP contribution is -2.14. The monoisotopic (exact) mass is 313 g/mol. The molecule has 0 heterocycles. The second-order valence-corrected chi connectivity index (χ2v) is 5.88. The predicted octanol–water partition coefficient (Wildman–Crippen LogP) is 3.69. The fourth-order valence-corrected chi connectivity index (χ4v) is 2.71. The molecule has 4 heteroatoms. The molecule has 0 unspecified atom stereocenters. The molecule has 1 fully saturated rings. The molecule has 3 rings (SSSR count). The van der Waals surface area contributed by atoms with Crippen LogP contribution in [0.5, 0.6) is 17.2 Å². The lowest BCUT2D eigenvalue weighted by Gasteiger charge is -2.19. The standard InChI is InChI=1S/C19H23NO3/c1-21-17-10-15(19(20)14-8-9-14)16(11-18(17)22-2)23-12-13-6-4-3-5-7-13/h3-7,10-11,14,19H,8-9,12,20H2,1-2H3/t19-/m0/s1. The molecule has 0 aromatic heterocycles. The topological polar surface area (TPSA) is 53.7 Å².